The maximum atomic E-state index is 11.8. The molecule has 17 heteroatoms. The molecular formula is C42H81N5O12. The molecule has 0 spiro atoms. The molecule has 0 atom stereocenters. The van der Waals surface area contributed by atoms with Crippen molar-refractivity contribution in [1.29, 1.82) is 0 Å². The lowest BCUT2D eigenvalue weighted by atomic mass is 10.1. The Labute approximate surface area is 355 Å². The summed E-state index contributed by atoms with van der Waals surface area (Å²) in [4.78, 5) is 40.0. The van der Waals surface area contributed by atoms with Gasteiger partial charge in [-0.1, -0.05) is 11.6 Å². The summed E-state index contributed by atoms with van der Waals surface area (Å²) in [5.41, 5.74) is -0.0815. The molecule has 0 aromatic carbocycles. The van der Waals surface area contributed by atoms with E-state index in [1.807, 2.05) is 62.3 Å². The Bertz CT molecular complexity index is 1090. The van der Waals surface area contributed by atoms with Gasteiger partial charge in [0.25, 0.3) is 0 Å². The standard InChI is InChI=1S/C42H81N5O12/c1-40(2,3)57-37(48)43-15-24-51-30-33-54-27-21-46-18-10-12-36(14-20-46)13-11-19-47(22-28-55-34-31-52-25-16-44-38(49)58-41(4,5)6)23-29-56-35-32-53-26-17-45-39(50)59-42(7,8)9/h12H,10-11,13-35H2,1-9H3,(H,43,48)(H,44,49)(H,45,50). The van der Waals surface area contributed by atoms with E-state index in [0.29, 0.717) is 98.9 Å². The number of nitrogens with one attached hydrogen (secondary N) is 3. The second-order valence-electron chi connectivity index (χ2n) is 17.1. The van der Waals surface area contributed by atoms with E-state index in [2.05, 4.69) is 31.8 Å². The molecular weight excluding hydrogens is 766 g/mol. The Morgan fingerprint density at radius 3 is 1.34 bits per heavy atom. The summed E-state index contributed by atoms with van der Waals surface area (Å²) in [5, 5.41) is 8.05. The van der Waals surface area contributed by atoms with Crippen LogP contribution in [0.5, 0.6) is 0 Å². The van der Waals surface area contributed by atoms with Gasteiger partial charge in [-0.2, -0.15) is 0 Å². The molecule has 1 rings (SSSR count). The van der Waals surface area contributed by atoms with Gasteiger partial charge in [-0.05, 0) is 94.5 Å². The molecule has 0 aromatic heterocycles. The van der Waals surface area contributed by atoms with Gasteiger partial charge >= 0.3 is 18.3 Å². The van der Waals surface area contributed by atoms with Crippen LogP contribution in [0.15, 0.2) is 11.6 Å². The van der Waals surface area contributed by atoms with E-state index in [0.717, 1.165) is 65.0 Å². The van der Waals surface area contributed by atoms with Crippen molar-refractivity contribution in [3.05, 3.63) is 11.6 Å². The smallest absolute Gasteiger partial charge is 0.407 e. The second-order valence-corrected chi connectivity index (χ2v) is 17.1. The van der Waals surface area contributed by atoms with Crippen molar-refractivity contribution in [3.63, 3.8) is 0 Å². The van der Waals surface area contributed by atoms with E-state index in [4.69, 9.17) is 42.6 Å². The van der Waals surface area contributed by atoms with Gasteiger partial charge in [0, 0.05) is 52.4 Å². The molecule has 0 saturated carbocycles. The average molecular weight is 848 g/mol. The monoisotopic (exact) mass is 848 g/mol. The van der Waals surface area contributed by atoms with E-state index < -0.39 is 35.1 Å². The first kappa shape index (κ1) is 54.2. The first-order chi connectivity index (χ1) is 27.9. The van der Waals surface area contributed by atoms with Crippen molar-refractivity contribution in [2.45, 2.75) is 105 Å². The summed E-state index contributed by atoms with van der Waals surface area (Å²) in [5.74, 6) is 0. The Hall–Kier alpha value is -2.77. The zero-order valence-corrected chi connectivity index (χ0v) is 38.0. The summed E-state index contributed by atoms with van der Waals surface area (Å²) >= 11 is 0. The molecule has 0 aliphatic carbocycles. The minimum atomic E-state index is -0.534. The van der Waals surface area contributed by atoms with E-state index in [-0.39, 0.29) is 0 Å². The number of carbonyl (C=O) groups excluding carboxylic acids is 3. The van der Waals surface area contributed by atoms with Crippen molar-refractivity contribution in [2.24, 2.45) is 0 Å². The van der Waals surface area contributed by atoms with Gasteiger partial charge in [-0.3, -0.25) is 4.90 Å². The zero-order chi connectivity index (χ0) is 43.8. The van der Waals surface area contributed by atoms with Gasteiger partial charge in [0.2, 0.25) is 0 Å². The minimum absolute atomic E-state index is 0.371. The Morgan fingerprint density at radius 2 is 0.932 bits per heavy atom. The van der Waals surface area contributed by atoms with E-state index in [9.17, 15) is 14.4 Å². The number of hydrogen-bond acceptors (Lipinski definition) is 14. The number of amides is 3. The van der Waals surface area contributed by atoms with Gasteiger partial charge in [0.05, 0.1) is 79.3 Å². The molecule has 0 bridgehead atoms. The number of alkyl carbamates (subject to hydrolysis) is 3. The third-order valence-electron chi connectivity index (χ3n) is 8.12. The molecule has 1 aliphatic rings. The lowest BCUT2D eigenvalue weighted by Gasteiger charge is -2.23. The minimum Gasteiger partial charge on any atom is -0.444 e. The molecule has 0 saturated heterocycles. The highest BCUT2D eigenvalue weighted by Crippen LogP contribution is 2.16. The molecule has 1 heterocycles. The van der Waals surface area contributed by atoms with Crippen molar-refractivity contribution in [3.8, 4) is 0 Å². The van der Waals surface area contributed by atoms with Gasteiger partial charge in [-0.25, -0.2) is 14.4 Å². The average Bonchev–Trinajstić information content (AvgIpc) is 3.35. The predicted octanol–water partition coefficient (Wildman–Crippen LogP) is 4.76. The summed E-state index contributed by atoms with van der Waals surface area (Å²) in [7, 11) is 0. The summed E-state index contributed by atoms with van der Waals surface area (Å²) in [6, 6.07) is 0. The highest BCUT2D eigenvalue weighted by molar-refractivity contribution is 5.68. The number of nitrogens with zero attached hydrogens (tertiary/aromatic N) is 2. The first-order valence-corrected chi connectivity index (χ1v) is 21.4. The highest BCUT2D eigenvalue weighted by atomic mass is 16.6. The maximum Gasteiger partial charge on any atom is 0.407 e. The molecule has 0 radical (unpaired) electrons. The topological polar surface area (TPSA) is 177 Å². The predicted molar refractivity (Wildman–Crippen MR) is 227 cm³/mol. The Morgan fingerprint density at radius 1 is 0.542 bits per heavy atom. The van der Waals surface area contributed by atoms with Crippen LogP contribution in [-0.2, 0) is 42.6 Å². The fraction of sp³-hybridized carbons (Fsp3) is 0.881. The zero-order valence-electron chi connectivity index (χ0n) is 38.0. The summed E-state index contributed by atoms with van der Waals surface area (Å²) in [6.07, 6.45) is 5.24. The molecule has 346 valence electrons. The van der Waals surface area contributed by atoms with Gasteiger partial charge in [0.1, 0.15) is 16.8 Å². The van der Waals surface area contributed by atoms with E-state index in [1.54, 1.807) is 0 Å². The van der Waals surface area contributed by atoms with Crippen molar-refractivity contribution < 1.29 is 57.0 Å². The van der Waals surface area contributed by atoms with Crippen LogP contribution in [0.4, 0.5) is 14.4 Å². The molecule has 0 fully saturated rings. The van der Waals surface area contributed by atoms with Crippen molar-refractivity contribution in [1.82, 2.24) is 25.8 Å². The SMILES string of the molecule is CC(C)(C)OC(=O)NCCOCCOCCN(CCCC1=CCCN(CCOCCOCCNC(=O)OC(C)(C)C)CC1)CCOCCOCCNC(=O)OC(C)(C)C. The van der Waals surface area contributed by atoms with Crippen LogP contribution in [0.3, 0.4) is 0 Å². The van der Waals surface area contributed by atoms with Crippen LogP contribution in [0.25, 0.3) is 0 Å². The van der Waals surface area contributed by atoms with Crippen molar-refractivity contribution in [2.75, 3.05) is 138 Å². The van der Waals surface area contributed by atoms with Crippen LogP contribution < -0.4 is 16.0 Å². The van der Waals surface area contributed by atoms with Gasteiger partial charge < -0.3 is 63.5 Å². The van der Waals surface area contributed by atoms with Gasteiger partial charge in [0.15, 0.2) is 0 Å². The maximum absolute atomic E-state index is 11.8. The van der Waals surface area contributed by atoms with Crippen LogP contribution in [0, 0.1) is 0 Å². The third-order valence-corrected chi connectivity index (χ3v) is 8.12. The largest absolute Gasteiger partial charge is 0.444 e. The molecule has 0 unspecified atom stereocenters. The quantitative estimate of drug-likeness (QED) is 0.0495. The second kappa shape index (κ2) is 32.0. The van der Waals surface area contributed by atoms with Crippen LogP contribution in [0.1, 0.15) is 88.0 Å². The summed E-state index contributed by atoms with van der Waals surface area (Å²) < 4.78 is 49.9. The Kier molecular flexibility index (Phi) is 29.4. The van der Waals surface area contributed by atoms with Gasteiger partial charge in [-0.15, -0.1) is 0 Å². The molecule has 0 aromatic rings. The number of rotatable bonds is 31. The lowest BCUT2D eigenvalue weighted by molar-refractivity contribution is 0.0224. The van der Waals surface area contributed by atoms with Crippen LogP contribution >= 0.6 is 0 Å². The fourth-order valence-electron chi connectivity index (χ4n) is 5.45. The van der Waals surface area contributed by atoms with E-state index >= 15 is 0 Å². The number of carbonyl (C=O) groups is 3. The molecule has 59 heavy (non-hydrogen) atoms. The first-order valence-electron chi connectivity index (χ1n) is 21.4. The van der Waals surface area contributed by atoms with Crippen LogP contribution in [0.2, 0.25) is 0 Å². The lowest BCUT2D eigenvalue weighted by Crippen LogP contribution is -2.34. The number of hydrogen-bond donors (Lipinski definition) is 3. The van der Waals surface area contributed by atoms with Crippen LogP contribution in [-0.4, -0.2) is 183 Å². The molecule has 3 amide bonds. The Balaban J connectivity index is 2.31. The molecule has 17 nitrogen and oxygen atoms in total. The third kappa shape index (κ3) is 36.8. The molecule has 1 aliphatic heterocycles. The fourth-order valence-corrected chi connectivity index (χ4v) is 5.45. The van der Waals surface area contributed by atoms with E-state index in [1.165, 1.54) is 5.57 Å². The normalized spacial score (nSPS) is 14.1. The molecule has 3 N–H and O–H groups in total. The number of ether oxygens (including phenoxy) is 9. The van der Waals surface area contributed by atoms with Crippen molar-refractivity contribution >= 4 is 18.3 Å². The summed E-state index contributed by atoms with van der Waals surface area (Å²) in [6.45, 7) is 28.8. The highest BCUT2D eigenvalue weighted by Gasteiger charge is 2.18.